The van der Waals surface area contributed by atoms with E-state index in [1.807, 2.05) is 6.92 Å². The lowest BCUT2D eigenvalue weighted by Crippen LogP contribution is -2.50. The summed E-state index contributed by atoms with van der Waals surface area (Å²) in [5, 5.41) is 6.00. The van der Waals surface area contributed by atoms with Crippen molar-refractivity contribution < 1.29 is 36.4 Å². The monoisotopic (exact) mass is 372 g/mol. The SMILES string of the molecule is CCC1(O)CC(C)CC(CC)(C(=O)OC(C)C(F)(F)S(=O)(=O)O)C1. The van der Waals surface area contributed by atoms with Gasteiger partial charge in [-0.3, -0.25) is 9.35 Å². The zero-order valence-corrected chi connectivity index (χ0v) is 15.2. The lowest BCUT2D eigenvalue weighted by atomic mass is 9.62. The molecule has 1 rings (SSSR count). The smallest absolute Gasteiger partial charge is 0.405 e. The molecule has 1 aliphatic carbocycles. The first-order chi connectivity index (χ1) is 10.7. The molecule has 0 aromatic carbocycles. The number of aliphatic hydroxyl groups is 1. The summed E-state index contributed by atoms with van der Waals surface area (Å²) in [5.74, 6) is -0.993. The van der Waals surface area contributed by atoms with Gasteiger partial charge in [-0.2, -0.15) is 17.2 Å². The number of carbonyl (C=O) groups excluding carboxylic acids is 1. The van der Waals surface area contributed by atoms with E-state index in [4.69, 9.17) is 9.29 Å². The van der Waals surface area contributed by atoms with Crippen LogP contribution in [-0.2, 0) is 19.6 Å². The number of hydrogen-bond acceptors (Lipinski definition) is 5. The minimum absolute atomic E-state index is 0.0198. The van der Waals surface area contributed by atoms with E-state index in [9.17, 15) is 27.1 Å². The lowest BCUT2D eigenvalue weighted by molar-refractivity contribution is -0.183. The highest BCUT2D eigenvalue weighted by Gasteiger charge is 2.55. The predicted octanol–water partition coefficient (Wildman–Crippen LogP) is 2.76. The molecule has 4 atom stereocenters. The highest BCUT2D eigenvalue weighted by Crippen LogP contribution is 2.49. The van der Waals surface area contributed by atoms with E-state index in [-0.39, 0.29) is 18.8 Å². The highest BCUT2D eigenvalue weighted by atomic mass is 32.2. The predicted molar refractivity (Wildman–Crippen MR) is 83.0 cm³/mol. The molecule has 0 heterocycles. The van der Waals surface area contributed by atoms with Crippen molar-refractivity contribution in [3.8, 4) is 0 Å². The van der Waals surface area contributed by atoms with E-state index in [1.54, 1.807) is 13.8 Å². The van der Waals surface area contributed by atoms with Crippen molar-refractivity contribution in [1.29, 1.82) is 0 Å². The highest BCUT2D eigenvalue weighted by molar-refractivity contribution is 7.86. The normalized spacial score (nSPS) is 33.1. The van der Waals surface area contributed by atoms with Crippen molar-refractivity contribution >= 4 is 16.1 Å². The van der Waals surface area contributed by atoms with E-state index in [2.05, 4.69) is 0 Å². The van der Waals surface area contributed by atoms with E-state index >= 15 is 0 Å². The summed E-state index contributed by atoms with van der Waals surface area (Å²) in [6.07, 6.45) is -0.744. The van der Waals surface area contributed by atoms with Crippen LogP contribution in [0.15, 0.2) is 0 Å². The Morgan fingerprint density at radius 3 is 2.29 bits per heavy atom. The Kier molecular flexibility index (Phi) is 6.05. The van der Waals surface area contributed by atoms with Gasteiger partial charge in [-0.1, -0.05) is 20.8 Å². The summed E-state index contributed by atoms with van der Waals surface area (Å²) >= 11 is 0. The maximum absolute atomic E-state index is 13.6. The minimum Gasteiger partial charge on any atom is -0.454 e. The molecule has 6 nitrogen and oxygen atoms in total. The summed E-state index contributed by atoms with van der Waals surface area (Å²) in [7, 11) is -5.70. The summed E-state index contributed by atoms with van der Waals surface area (Å²) in [4.78, 5) is 12.5. The third-order valence-corrected chi connectivity index (χ3v) is 6.02. The average Bonchev–Trinajstić information content (AvgIpc) is 2.44. The fraction of sp³-hybridized carbons (Fsp3) is 0.933. The largest absolute Gasteiger partial charge is 0.454 e. The number of hydrogen-bond donors (Lipinski definition) is 2. The topological polar surface area (TPSA) is 101 Å². The van der Waals surface area contributed by atoms with Crippen molar-refractivity contribution in [1.82, 2.24) is 0 Å². The van der Waals surface area contributed by atoms with Gasteiger partial charge in [0, 0.05) is 0 Å². The van der Waals surface area contributed by atoms with Gasteiger partial charge in [0.25, 0.3) is 0 Å². The lowest BCUT2D eigenvalue weighted by Gasteiger charge is -2.46. The maximum atomic E-state index is 13.6. The Hall–Kier alpha value is -0.800. The summed E-state index contributed by atoms with van der Waals surface area (Å²) in [5.41, 5.74) is -2.26. The molecule has 0 spiro atoms. The molecule has 0 aliphatic heterocycles. The van der Waals surface area contributed by atoms with Crippen LogP contribution in [-0.4, -0.2) is 41.0 Å². The average molecular weight is 372 g/mol. The maximum Gasteiger partial charge on any atom is 0.405 e. The van der Waals surface area contributed by atoms with Crippen molar-refractivity contribution in [3.63, 3.8) is 0 Å². The molecule has 4 unspecified atom stereocenters. The van der Waals surface area contributed by atoms with Gasteiger partial charge in [0.1, 0.15) is 0 Å². The van der Waals surface area contributed by atoms with Gasteiger partial charge in [-0.25, -0.2) is 0 Å². The van der Waals surface area contributed by atoms with Crippen molar-refractivity contribution in [2.75, 3.05) is 0 Å². The first-order valence-corrected chi connectivity index (χ1v) is 9.45. The van der Waals surface area contributed by atoms with Crippen LogP contribution in [0.5, 0.6) is 0 Å². The second kappa shape index (κ2) is 6.84. The Bertz CT molecular complexity index is 579. The molecule has 0 radical (unpaired) electrons. The number of halogens is 2. The van der Waals surface area contributed by atoms with Crippen LogP contribution in [0, 0.1) is 11.3 Å². The number of ether oxygens (including phenoxy) is 1. The standard InChI is InChI=1S/C15H26F2O6S/c1-5-13(7-10(3)8-14(19,6-2)9-13)12(18)23-11(4)15(16,17)24(20,21)22/h10-11,19H,5-9H2,1-4H3,(H,20,21,22). The van der Waals surface area contributed by atoms with E-state index in [1.165, 1.54) is 0 Å². The number of rotatable bonds is 6. The molecule has 142 valence electrons. The number of alkyl halides is 2. The van der Waals surface area contributed by atoms with Crippen LogP contribution in [0.1, 0.15) is 59.8 Å². The van der Waals surface area contributed by atoms with Crippen molar-refractivity contribution in [2.45, 2.75) is 76.8 Å². The molecule has 0 aromatic rings. The first kappa shape index (κ1) is 21.2. The molecule has 0 aromatic heterocycles. The zero-order chi connectivity index (χ0) is 19.0. The molecular weight excluding hydrogens is 346 g/mol. The molecule has 0 amide bonds. The number of carbonyl (C=O) groups is 1. The van der Waals surface area contributed by atoms with Gasteiger partial charge in [0.15, 0.2) is 6.10 Å². The van der Waals surface area contributed by atoms with Gasteiger partial charge in [-0.05, 0) is 44.9 Å². The van der Waals surface area contributed by atoms with Crippen molar-refractivity contribution in [2.24, 2.45) is 11.3 Å². The molecule has 0 saturated heterocycles. The number of esters is 1. The molecule has 9 heteroatoms. The molecule has 1 fully saturated rings. The summed E-state index contributed by atoms with van der Waals surface area (Å²) in [6, 6.07) is 0. The third-order valence-electron chi connectivity index (χ3n) is 5.00. The van der Waals surface area contributed by atoms with Crippen LogP contribution in [0.2, 0.25) is 0 Å². The van der Waals surface area contributed by atoms with Crippen LogP contribution in [0.4, 0.5) is 8.78 Å². The van der Waals surface area contributed by atoms with Gasteiger partial charge in [0.2, 0.25) is 0 Å². The van der Waals surface area contributed by atoms with Crippen molar-refractivity contribution in [3.05, 3.63) is 0 Å². The Morgan fingerprint density at radius 1 is 1.33 bits per heavy atom. The third kappa shape index (κ3) is 4.05. The quantitative estimate of drug-likeness (QED) is 0.549. The second-order valence-electron chi connectivity index (χ2n) is 6.99. The molecule has 1 aliphatic rings. The summed E-state index contributed by atoms with van der Waals surface area (Å²) < 4.78 is 62.1. The van der Waals surface area contributed by atoms with Gasteiger partial charge >= 0.3 is 21.3 Å². The fourth-order valence-corrected chi connectivity index (χ4v) is 4.03. The molecule has 0 bridgehead atoms. The molecular formula is C15H26F2O6S. The van der Waals surface area contributed by atoms with E-state index in [0.29, 0.717) is 26.2 Å². The van der Waals surface area contributed by atoms with Crippen LogP contribution in [0.25, 0.3) is 0 Å². The summed E-state index contributed by atoms with van der Waals surface area (Å²) in [6.45, 7) is 6.04. The van der Waals surface area contributed by atoms with Gasteiger partial charge in [-0.15, -0.1) is 0 Å². The Balaban J connectivity index is 3.06. The first-order valence-electron chi connectivity index (χ1n) is 8.01. The van der Waals surface area contributed by atoms with Crippen LogP contribution >= 0.6 is 0 Å². The van der Waals surface area contributed by atoms with E-state index < -0.39 is 38.5 Å². The van der Waals surface area contributed by atoms with E-state index in [0.717, 1.165) is 0 Å². The second-order valence-corrected chi connectivity index (χ2v) is 8.48. The van der Waals surface area contributed by atoms with Crippen LogP contribution in [0.3, 0.4) is 0 Å². The molecule has 2 N–H and O–H groups in total. The minimum atomic E-state index is -5.70. The molecule has 24 heavy (non-hydrogen) atoms. The Labute approximate surface area is 141 Å². The van der Waals surface area contributed by atoms with Gasteiger partial charge < -0.3 is 9.84 Å². The van der Waals surface area contributed by atoms with Crippen LogP contribution < -0.4 is 0 Å². The molecule has 1 saturated carbocycles. The van der Waals surface area contributed by atoms with Gasteiger partial charge in [0.05, 0.1) is 11.0 Å². The fourth-order valence-electron chi connectivity index (χ4n) is 3.56. The zero-order valence-electron chi connectivity index (χ0n) is 14.4. The Morgan fingerprint density at radius 2 is 1.88 bits per heavy atom.